The second kappa shape index (κ2) is 3.53. The van der Waals surface area contributed by atoms with Crippen molar-refractivity contribution in [2.24, 2.45) is 0 Å². The van der Waals surface area contributed by atoms with Crippen molar-refractivity contribution in [2.45, 2.75) is 38.8 Å². The second-order valence-corrected chi connectivity index (χ2v) is 6.97. The quantitative estimate of drug-likeness (QED) is 0.633. The molecule has 0 saturated carbocycles. The lowest BCUT2D eigenvalue weighted by Crippen LogP contribution is -2.47. The molecule has 1 aliphatic rings. The zero-order chi connectivity index (χ0) is 11.0. The van der Waals surface area contributed by atoms with Crippen LogP contribution >= 0.6 is 0 Å². The topological polar surface area (TPSA) is 54.5 Å². The highest BCUT2D eigenvalue weighted by molar-refractivity contribution is 7.91. The third kappa shape index (κ3) is 2.47. The lowest BCUT2D eigenvalue weighted by atomic mass is 10.0. The molecule has 82 valence electrons. The SMILES string of the molecule is CC(C)(C)N(C=O)[C@@H]1CCS(=O)(=O)C1. The number of carbonyl (C=O) groups excluding carboxylic acids is 1. The number of sulfone groups is 1. The van der Waals surface area contributed by atoms with Crippen LogP contribution in [0.25, 0.3) is 0 Å². The largest absolute Gasteiger partial charge is 0.336 e. The molecular formula is C9H17NO3S. The van der Waals surface area contributed by atoms with Gasteiger partial charge in [-0.3, -0.25) is 4.79 Å². The van der Waals surface area contributed by atoms with E-state index in [1.54, 1.807) is 4.90 Å². The Hall–Kier alpha value is -0.580. The minimum atomic E-state index is -2.91. The van der Waals surface area contributed by atoms with Gasteiger partial charge in [0.15, 0.2) is 9.84 Å². The van der Waals surface area contributed by atoms with E-state index in [-0.39, 0.29) is 23.1 Å². The predicted octanol–water partition coefficient (Wildman–Crippen LogP) is 0.430. The van der Waals surface area contributed by atoms with Crippen LogP contribution in [0.1, 0.15) is 27.2 Å². The van der Waals surface area contributed by atoms with Crippen LogP contribution in [-0.2, 0) is 14.6 Å². The van der Waals surface area contributed by atoms with E-state index < -0.39 is 9.84 Å². The summed E-state index contributed by atoms with van der Waals surface area (Å²) in [4.78, 5) is 12.5. The van der Waals surface area contributed by atoms with E-state index in [0.717, 1.165) is 6.41 Å². The molecule has 0 spiro atoms. The molecule has 14 heavy (non-hydrogen) atoms. The zero-order valence-corrected chi connectivity index (χ0v) is 9.67. The third-order valence-electron chi connectivity index (χ3n) is 2.49. The van der Waals surface area contributed by atoms with Gasteiger partial charge in [-0.15, -0.1) is 0 Å². The van der Waals surface area contributed by atoms with Gasteiger partial charge in [0.05, 0.1) is 11.5 Å². The van der Waals surface area contributed by atoms with Gasteiger partial charge in [0.1, 0.15) is 0 Å². The highest BCUT2D eigenvalue weighted by Crippen LogP contribution is 2.23. The maximum Gasteiger partial charge on any atom is 0.210 e. The van der Waals surface area contributed by atoms with Crippen LogP contribution < -0.4 is 0 Å². The van der Waals surface area contributed by atoms with Gasteiger partial charge < -0.3 is 4.90 Å². The summed E-state index contributed by atoms with van der Waals surface area (Å²) >= 11 is 0. The Morgan fingerprint density at radius 2 is 1.93 bits per heavy atom. The van der Waals surface area contributed by atoms with Crippen LogP contribution in [0.15, 0.2) is 0 Å². The van der Waals surface area contributed by atoms with Crippen molar-refractivity contribution in [1.82, 2.24) is 4.90 Å². The molecule has 1 rings (SSSR count). The van der Waals surface area contributed by atoms with Crippen molar-refractivity contribution in [1.29, 1.82) is 0 Å². The number of rotatable bonds is 2. The summed E-state index contributed by atoms with van der Waals surface area (Å²) < 4.78 is 22.5. The Morgan fingerprint density at radius 1 is 1.36 bits per heavy atom. The number of nitrogens with zero attached hydrogens (tertiary/aromatic N) is 1. The average Bonchev–Trinajstić information content (AvgIpc) is 2.29. The molecule has 0 unspecified atom stereocenters. The molecule has 1 amide bonds. The average molecular weight is 219 g/mol. The van der Waals surface area contributed by atoms with Crippen LogP contribution in [0.2, 0.25) is 0 Å². The molecule has 1 fully saturated rings. The molecule has 0 aliphatic carbocycles. The van der Waals surface area contributed by atoms with Crippen molar-refractivity contribution in [3.05, 3.63) is 0 Å². The van der Waals surface area contributed by atoms with Crippen molar-refractivity contribution in [3.8, 4) is 0 Å². The first kappa shape index (κ1) is 11.5. The van der Waals surface area contributed by atoms with Gasteiger partial charge in [-0.25, -0.2) is 8.42 Å². The molecule has 5 heteroatoms. The number of hydrogen-bond acceptors (Lipinski definition) is 3. The first-order valence-electron chi connectivity index (χ1n) is 4.70. The van der Waals surface area contributed by atoms with Crippen LogP contribution in [-0.4, -0.2) is 42.8 Å². The smallest absolute Gasteiger partial charge is 0.210 e. The van der Waals surface area contributed by atoms with E-state index in [9.17, 15) is 13.2 Å². The van der Waals surface area contributed by atoms with Crippen molar-refractivity contribution >= 4 is 16.2 Å². The van der Waals surface area contributed by atoms with Crippen molar-refractivity contribution in [2.75, 3.05) is 11.5 Å². The normalized spacial score (nSPS) is 26.1. The highest BCUT2D eigenvalue weighted by atomic mass is 32.2. The maximum atomic E-state index is 11.2. The fourth-order valence-electron chi connectivity index (χ4n) is 1.79. The number of carbonyl (C=O) groups is 1. The molecule has 0 bridgehead atoms. The minimum Gasteiger partial charge on any atom is -0.336 e. The third-order valence-corrected chi connectivity index (χ3v) is 4.24. The summed E-state index contributed by atoms with van der Waals surface area (Å²) in [7, 11) is -2.91. The number of hydrogen-bond donors (Lipinski definition) is 0. The Morgan fingerprint density at radius 3 is 2.21 bits per heavy atom. The molecule has 0 aromatic heterocycles. The Kier molecular flexibility index (Phi) is 2.90. The van der Waals surface area contributed by atoms with E-state index in [0.29, 0.717) is 6.42 Å². The summed E-state index contributed by atoms with van der Waals surface area (Å²) in [5.74, 6) is 0.321. The molecule has 0 radical (unpaired) electrons. The molecule has 1 saturated heterocycles. The van der Waals surface area contributed by atoms with E-state index in [2.05, 4.69) is 0 Å². The van der Waals surface area contributed by atoms with Gasteiger partial charge >= 0.3 is 0 Å². The molecule has 0 N–H and O–H groups in total. The molecular weight excluding hydrogens is 202 g/mol. The van der Waals surface area contributed by atoms with Crippen LogP contribution in [0.4, 0.5) is 0 Å². The van der Waals surface area contributed by atoms with Gasteiger partial charge in [0, 0.05) is 11.6 Å². The molecule has 1 atom stereocenters. The zero-order valence-electron chi connectivity index (χ0n) is 8.86. The first-order valence-corrected chi connectivity index (χ1v) is 6.52. The van der Waals surface area contributed by atoms with Crippen LogP contribution in [0.3, 0.4) is 0 Å². The van der Waals surface area contributed by atoms with E-state index in [4.69, 9.17) is 0 Å². The molecule has 1 heterocycles. The van der Waals surface area contributed by atoms with E-state index >= 15 is 0 Å². The molecule has 0 aromatic rings. The molecule has 4 nitrogen and oxygen atoms in total. The first-order chi connectivity index (χ1) is 6.26. The fourth-order valence-corrected chi connectivity index (χ4v) is 3.50. The standard InChI is InChI=1S/C9H17NO3S/c1-9(2,3)10(7-11)8-4-5-14(12,13)6-8/h7-8H,4-6H2,1-3H3/t8-/m1/s1. The van der Waals surface area contributed by atoms with Gasteiger partial charge in [-0.2, -0.15) is 0 Å². The van der Waals surface area contributed by atoms with Gasteiger partial charge in [0.25, 0.3) is 0 Å². The summed E-state index contributed by atoms with van der Waals surface area (Å²) in [6.07, 6.45) is 1.32. The van der Waals surface area contributed by atoms with Crippen molar-refractivity contribution in [3.63, 3.8) is 0 Å². The molecule has 0 aromatic carbocycles. The summed E-state index contributed by atoms with van der Waals surface area (Å²) in [5.41, 5.74) is -0.299. The minimum absolute atomic E-state index is 0.114. The molecule has 1 aliphatic heterocycles. The van der Waals surface area contributed by atoms with E-state index in [1.807, 2.05) is 20.8 Å². The Bertz CT molecular complexity index is 315. The maximum absolute atomic E-state index is 11.2. The van der Waals surface area contributed by atoms with Gasteiger partial charge in [-0.1, -0.05) is 0 Å². The lowest BCUT2D eigenvalue weighted by molar-refractivity contribution is -0.124. The lowest BCUT2D eigenvalue weighted by Gasteiger charge is -2.36. The van der Waals surface area contributed by atoms with Gasteiger partial charge in [-0.05, 0) is 27.2 Å². The number of amides is 1. The highest BCUT2D eigenvalue weighted by Gasteiger charge is 2.36. The Balaban J connectivity index is 2.79. The monoisotopic (exact) mass is 219 g/mol. The summed E-state index contributed by atoms with van der Waals surface area (Å²) in [5, 5.41) is 0. The van der Waals surface area contributed by atoms with Gasteiger partial charge in [0.2, 0.25) is 6.41 Å². The predicted molar refractivity (Wildman–Crippen MR) is 54.7 cm³/mol. The second-order valence-electron chi connectivity index (χ2n) is 4.74. The Labute approximate surface area is 85.2 Å². The fraction of sp³-hybridized carbons (Fsp3) is 0.889. The van der Waals surface area contributed by atoms with Crippen LogP contribution in [0, 0.1) is 0 Å². The summed E-state index contributed by atoms with van der Waals surface area (Å²) in [6.45, 7) is 5.73. The summed E-state index contributed by atoms with van der Waals surface area (Å²) in [6, 6.07) is -0.141. The van der Waals surface area contributed by atoms with E-state index in [1.165, 1.54) is 0 Å². The van der Waals surface area contributed by atoms with Crippen LogP contribution in [0.5, 0.6) is 0 Å². The van der Waals surface area contributed by atoms with Crippen molar-refractivity contribution < 1.29 is 13.2 Å².